The molecule has 3 aromatic rings. The summed E-state index contributed by atoms with van der Waals surface area (Å²) in [5.41, 5.74) is 8.88. The summed E-state index contributed by atoms with van der Waals surface area (Å²) >= 11 is 8.06. The summed E-state index contributed by atoms with van der Waals surface area (Å²) in [6.45, 7) is 2.16. The molecular weight excluding hydrogens is 424 g/mol. The zero-order chi connectivity index (χ0) is 20.7. The van der Waals surface area contributed by atoms with Crippen LogP contribution in [0.1, 0.15) is 11.1 Å². The number of nitrogens with zero attached hydrogens (tertiary/aromatic N) is 5. The number of thioether (sulfide) groups is 1. The Hall–Kier alpha value is -2.75. The van der Waals surface area contributed by atoms with Crippen molar-refractivity contribution in [2.24, 2.45) is 4.99 Å². The molecule has 8 nitrogen and oxygen atoms in total. The third kappa shape index (κ3) is 3.49. The van der Waals surface area contributed by atoms with Crippen molar-refractivity contribution in [3.8, 4) is 11.4 Å². The summed E-state index contributed by atoms with van der Waals surface area (Å²) in [7, 11) is 0. The second kappa shape index (κ2) is 7.82. The van der Waals surface area contributed by atoms with Crippen LogP contribution in [0.25, 0.3) is 22.2 Å². The Morgan fingerprint density at radius 1 is 1.20 bits per heavy atom. The van der Waals surface area contributed by atoms with Gasteiger partial charge < -0.3 is 15.4 Å². The van der Waals surface area contributed by atoms with Crippen LogP contribution in [0.5, 0.6) is 0 Å². The third-order valence-corrected chi connectivity index (χ3v) is 6.14. The van der Waals surface area contributed by atoms with Gasteiger partial charge in [0.1, 0.15) is 0 Å². The van der Waals surface area contributed by atoms with Crippen LogP contribution in [0.15, 0.2) is 34.4 Å². The molecule has 0 aliphatic carbocycles. The van der Waals surface area contributed by atoms with E-state index in [0.717, 1.165) is 27.5 Å². The van der Waals surface area contributed by atoms with Crippen LogP contribution < -0.4 is 5.73 Å². The first-order valence-electron chi connectivity index (χ1n) is 9.37. The van der Waals surface area contributed by atoms with Gasteiger partial charge in [-0.1, -0.05) is 41.6 Å². The number of benzene rings is 2. The zero-order valence-corrected chi connectivity index (χ0v) is 17.4. The molecule has 5 rings (SSSR count). The quantitative estimate of drug-likeness (QED) is 0.604. The second-order valence-electron chi connectivity index (χ2n) is 6.91. The number of halogens is 1. The Kier molecular flexibility index (Phi) is 5.01. The van der Waals surface area contributed by atoms with E-state index >= 15 is 0 Å². The number of nitrogens with two attached hydrogens (primary N) is 1. The van der Waals surface area contributed by atoms with Crippen LogP contribution in [0.3, 0.4) is 0 Å². The fourth-order valence-electron chi connectivity index (χ4n) is 3.71. The van der Waals surface area contributed by atoms with Crippen molar-refractivity contribution in [1.82, 2.24) is 19.9 Å². The van der Waals surface area contributed by atoms with E-state index in [2.05, 4.69) is 26.0 Å². The molecule has 2 aliphatic rings. The van der Waals surface area contributed by atoms with E-state index in [0.29, 0.717) is 48.1 Å². The van der Waals surface area contributed by atoms with Gasteiger partial charge in [0, 0.05) is 24.1 Å². The van der Waals surface area contributed by atoms with Gasteiger partial charge in [0.05, 0.1) is 24.8 Å². The number of urea groups is 1. The number of carbonyl (C=O) groups excluding carboxylic acids is 1. The van der Waals surface area contributed by atoms with E-state index in [9.17, 15) is 4.79 Å². The fraction of sp³-hybridized carbons (Fsp3) is 0.250. The van der Waals surface area contributed by atoms with Gasteiger partial charge in [0.25, 0.3) is 0 Å². The van der Waals surface area contributed by atoms with Crippen molar-refractivity contribution in [2.75, 3.05) is 24.6 Å². The van der Waals surface area contributed by atoms with Crippen LogP contribution in [-0.2, 0) is 18.0 Å². The number of anilines is 1. The first-order valence-corrected chi connectivity index (χ1v) is 10.7. The van der Waals surface area contributed by atoms with E-state index in [1.165, 1.54) is 11.8 Å². The highest BCUT2D eigenvalue weighted by atomic mass is 35.5. The van der Waals surface area contributed by atoms with E-state index in [4.69, 9.17) is 22.1 Å². The maximum Gasteiger partial charge on any atom is 0.343 e. The van der Waals surface area contributed by atoms with Gasteiger partial charge in [0.2, 0.25) is 5.95 Å². The van der Waals surface area contributed by atoms with Gasteiger partial charge >= 0.3 is 6.03 Å². The van der Waals surface area contributed by atoms with Crippen LogP contribution in [0, 0.1) is 0 Å². The SMILES string of the molecule is Nc1nc(SCCN2CC=NC2=O)nc(-c2c(Cl)cc3c4c(cccc24)COC3)n1. The number of nitrogen functional groups attached to an aromatic ring is 1. The molecule has 0 saturated carbocycles. The molecule has 0 unspecified atom stereocenters. The van der Waals surface area contributed by atoms with Crippen molar-refractivity contribution >= 4 is 52.3 Å². The Bertz CT molecular complexity index is 1200. The van der Waals surface area contributed by atoms with Gasteiger partial charge in [-0.25, -0.2) is 14.8 Å². The van der Waals surface area contributed by atoms with E-state index in [1.54, 1.807) is 11.1 Å². The average Bonchev–Trinajstić information content (AvgIpc) is 3.13. The lowest BCUT2D eigenvalue weighted by Gasteiger charge is -2.20. The molecular formula is C20H17ClN6O2S. The zero-order valence-electron chi connectivity index (χ0n) is 15.8. The molecule has 2 N–H and O–H groups in total. The molecule has 3 heterocycles. The van der Waals surface area contributed by atoms with Crippen molar-refractivity contribution in [3.05, 3.63) is 40.4 Å². The predicted octanol–water partition coefficient (Wildman–Crippen LogP) is 3.56. The Morgan fingerprint density at radius 2 is 2.07 bits per heavy atom. The van der Waals surface area contributed by atoms with E-state index in [1.807, 2.05) is 18.2 Å². The molecule has 0 bridgehead atoms. The topological polar surface area (TPSA) is 107 Å². The molecule has 1 aromatic heterocycles. The van der Waals surface area contributed by atoms with Crippen LogP contribution in [-0.4, -0.2) is 50.9 Å². The average molecular weight is 441 g/mol. The van der Waals surface area contributed by atoms with Crippen molar-refractivity contribution in [3.63, 3.8) is 0 Å². The van der Waals surface area contributed by atoms with Gasteiger partial charge in [0.15, 0.2) is 11.0 Å². The maximum atomic E-state index is 11.6. The summed E-state index contributed by atoms with van der Waals surface area (Å²) in [6, 6.07) is 7.74. The highest BCUT2D eigenvalue weighted by Gasteiger charge is 2.21. The number of aliphatic imine (C=N–C) groups is 1. The minimum atomic E-state index is -0.217. The minimum absolute atomic E-state index is 0.128. The molecule has 2 aliphatic heterocycles. The number of ether oxygens (including phenoxy) is 1. The van der Waals surface area contributed by atoms with E-state index < -0.39 is 0 Å². The van der Waals surface area contributed by atoms with Crippen molar-refractivity contribution in [2.45, 2.75) is 18.4 Å². The highest BCUT2D eigenvalue weighted by molar-refractivity contribution is 7.99. The lowest BCUT2D eigenvalue weighted by molar-refractivity contribution is 0.103. The largest absolute Gasteiger partial charge is 0.372 e. The first kappa shape index (κ1) is 19.2. The van der Waals surface area contributed by atoms with Crippen molar-refractivity contribution < 1.29 is 9.53 Å². The summed E-state index contributed by atoms with van der Waals surface area (Å²) in [5.74, 6) is 1.18. The number of amides is 2. The molecule has 0 atom stereocenters. The normalized spacial score (nSPS) is 15.4. The fourth-order valence-corrected chi connectivity index (χ4v) is 4.83. The first-order chi connectivity index (χ1) is 14.6. The Balaban J connectivity index is 1.49. The molecule has 0 fully saturated rings. The molecule has 0 saturated heterocycles. The molecule has 2 aromatic carbocycles. The number of hydrogen-bond donors (Lipinski definition) is 1. The maximum absolute atomic E-state index is 11.6. The van der Waals surface area contributed by atoms with Gasteiger partial charge in [-0.15, -0.1) is 0 Å². The number of rotatable bonds is 5. The van der Waals surface area contributed by atoms with Crippen LogP contribution >= 0.6 is 23.4 Å². The van der Waals surface area contributed by atoms with Crippen LogP contribution in [0.4, 0.5) is 10.7 Å². The summed E-state index contributed by atoms with van der Waals surface area (Å²) in [6.07, 6.45) is 1.61. The lowest BCUT2D eigenvalue weighted by Crippen LogP contribution is -2.27. The molecule has 30 heavy (non-hydrogen) atoms. The summed E-state index contributed by atoms with van der Waals surface area (Å²) < 4.78 is 5.66. The smallest absolute Gasteiger partial charge is 0.343 e. The molecule has 152 valence electrons. The lowest BCUT2D eigenvalue weighted by atomic mass is 9.94. The third-order valence-electron chi connectivity index (χ3n) is 5.02. The number of carbonyl (C=O) groups is 1. The Morgan fingerprint density at radius 3 is 2.90 bits per heavy atom. The predicted molar refractivity (Wildman–Crippen MR) is 117 cm³/mol. The van der Waals surface area contributed by atoms with Gasteiger partial charge in [-0.2, -0.15) is 9.97 Å². The molecule has 10 heteroatoms. The number of hydrogen-bond acceptors (Lipinski definition) is 7. The monoisotopic (exact) mass is 440 g/mol. The summed E-state index contributed by atoms with van der Waals surface area (Å²) in [5, 5.41) is 3.13. The minimum Gasteiger partial charge on any atom is -0.372 e. The number of aromatic nitrogens is 3. The Labute approximate surface area is 181 Å². The van der Waals surface area contributed by atoms with E-state index in [-0.39, 0.29) is 12.0 Å². The van der Waals surface area contributed by atoms with Crippen molar-refractivity contribution in [1.29, 1.82) is 0 Å². The summed E-state index contributed by atoms with van der Waals surface area (Å²) in [4.78, 5) is 30.2. The van der Waals surface area contributed by atoms with Crippen LogP contribution in [0.2, 0.25) is 5.02 Å². The van der Waals surface area contributed by atoms with Gasteiger partial charge in [-0.05, 0) is 28.0 Å². The standard InChI is InChI=1S/C20H17ClN6O2S/c21-14-8-12-10-29-9-11-2-1-3-13(15(11)12)16(14)17-24-18(22)26-19(25-17)30-7-6-27-5-4-23-20(27)28/h1-4,8H,5-7,9-10H2,(H2,22,24,25,26). The second-order valence-corrected chi connectivity index (χ2v) is 8.38. The van der Waals surface area contributed by atoms with Gasteiger partial charge in [-0.3, -0.25) is 0 Å². The highest BCUT2D eigenvalue weighted by Crippen LogP contribution is 2.39. The molecule has 0 spiro atoms. The molecule has 2 amide bonds. The molecule has 0 radical (unpaired) electrons.